The first-order valence-corrected chi connectivity index (χ1v) is 8.13. The highest BCUT2D eigenvalue weighted by molar-refractivity contribution is 6.30. The lowest BCUT2D eigenvalue weighted by atomic mass is 10.2. The molecule has 0 saturated heterocycles. The molecule has 3 rings (SSSR count). The van der Waals surface area contributed by atoms with Crippen LogP contribution in [0.15, 0.2) is 65.2 Å². The van der Waals surface area contributed by atoms with Crippen molar-refractivity contribution in [2.45, 2.75) is 13.0 Å². The van der Waals surface area contributed by atoms with Crippen LogP contribution in [-0.4, -0.2) is 16.0 Å². The third-order valence-corrected chi connectivity index (χ3v) is 3.75. The van der Waals surface area contributed by atoms with Crippen LogP contribution >= 0.6 is 11.6 Å². The average Bonchev–Trinajstić information content (AvgIpc) is 3.12. The third kappa shape index (κ3) is 4.55. The molecule has 0 fully saturated rings. The standard InChI is InChI=1S/C19H16ClN3O2/c1-13(21-17(24)12-7-14-5-3-2-4-6-14)19-22-18(23-25-19)15-8-10-16(20)11-9-15/h2-13H,1H3,(H,21,24)/b12-7+. The summed E-state index contributed by atoms with van der Waals surface area (Å²) in [6, 6.07) is 16.3. The Bertz CT molecular complexity index is 873. The van der Waals surface area contributed by atoms with Gasteiger partial charge in [0.2, 0.25) is 17.6 Å². The Morgan fingerprint density at radius 2 is 1.88 bits per heavy atom. The lowest BCUT2D eigenvalue weighted by molar-refractivity contribution is -0.117. The number of nitrogens with one attached hydrogen (secondary N) is 1. The molecule has 126 valence electrons. The Morgan fingerprint density at radius 3 is 2.60 bits per heavy atom. The van der Waals surface area contributed by atoms with Crippen LogP contribution in [0.25, 0.3) is 17.5 Å². The molecule has 3 aromatic rings. The van der Waals surface area contributed by atoms with Crippen molar-refractivity contribution < 1.29 is 9.32 Å². The van der Waals surface area contributed by atoms with Gasteiger partial charge in [0.1, 0.15) is 6.04 Å². The minimum atomic E-state index is -0.401. The molecule has 25 heavy (non-hydrogen) atoms. The molecule has 0 aliphatic carbocycles. The first-order chi connectivity index (χ1) is 12.1. The van der Waals surface area contributed by atoms with Gasteiger partial charge in [0, 0.05) is 16.7 Å². The Kier molecular flexibility index (Phi) is 5.26. The van der Waals surface area contributed by atoms with Crippen LogP contribution in [0.3, 0.4) is 0 Å². The number of aromatic nitrogens is 2. The number of amides is 1. The smallest absolute Gasteiger partial charge is 0.249 e. The summed E-state index contributed by atoms with van der Waals surface area (Å²) in [4.78, 5) is 16.3. The number of nitrogens with zero attached hydrogens (tertiary/aromatic N) is 2. The normalized spacial score (nSPS) is 12.2. The van der Waals surface area contributed by atoms with Crippen molar-refractivity contribution in [2.24, 2.45) is 0 Å². The monoisotopic (exact) mass is 353 g/mol. The molecular weight excluding hydrogens is 338 g/mol. The van der Waals surface area contributed by atoms with Gasteiger partial charge in [-0.15, -0.1) is 0 Å². The first-order valence-electron chi connectivity index (χ1n) is 7.75. The van der Waals surface area contributed by atoms with Crippen LogP contribution in [-0.2, 0) is 4.79 Å². The van der Waals surface area contributed by atoms with Crippen LogP contribution in [0.5, 0.6) is 0 Å². The molecule has 1 heterocycles. The number of carbonyl (C=O) groups excluding carboxylic acids is 1. The molecule has 1 atom stereocenters. The van der Waals surface area contributed by atoms with Crippen molar-refractivity contribution in [3.8, 4) is 11.4 Å². The van der Waals surface area contributed by atoms with Gasteiger partial charge in [-0.3, -0.25) is 4.79 Å². The van der Waals surface area contributed by atoms with E-state index >= 15 is 0 Å². The summed E-state index contributed by atoms with van der Waals surface area (Å²) in [6.45, 7) is 1.79. The largest absolute Gasteiger partial charge is 0.341 e. The molecule has 6 heteroatoms. The fourth-order valence-corrected chi connectivity index (χ4v) is 2.31. The summed E-state index contributed by atoms with van der Waals surface area (Å²) < 4.78 is 5.24. The second-order valence-corrected chi connectivity index (χ2v) is 5.87. The van der Waals surface area contributed by atoms with Gasteiger partial charge >= 0.3 is 0 Å². The lowest BCUT2D eigenvalue weighted by Crippen LogP contribution is -2.24. The number of halogens is 1. The Morgan fingerprint density at radius 1 is 1.16 bits per heavy atom. The maximum absolute atomic E-state index is 12.0. The topological polar surface area (TPSA) is 68.0 Å². The van der Waals surface area contributed by atoms with Gasteiger partial charge in [-0.05, 0) is 42.8 Å². The molecular formula is C19H16ClN3O2. The van der Waals surface area contributed by atoms with E-state index < -0.39 is 6.04 Å². The number of rotatable bonds is 5. The molecule has 1 aromatic heterocycles. The predicted octanol–water partition coefficient (Wildman–Crippen LogP) is 4.28. The van der Waals surface area contributed by atoms with Crippen LogP contribution in [0.1, 0.15) is 24.4 Å². The number of benzene rings is 2. The fraction of sp³-hybridized carbons (Fsp3) is 0.105. The van der Waals surface area contributed by atoms with E-state index in [-0.39, 0.29) is 5.91 Å². The van der Waals surface area contributed by atoms with E-state index in [4.69, 9.17) is 16.1 Å². The van der Waals surface area contributed by atoms with E-state index in [0.29, 0.717) is 16.7 Å². The first kappa shape index (κ1) is 16.9. The van der Waals surface area contributed by atoms with Crippen molar-refractivity contribution in [3.63, 3.8) is 0 Å². The highest BCUT2D eigenvalue weighted by atomic mass is 35.5. The highest BCUT2D eigenvalue weighted by Crippen LogP contribution is 2.20. The predicted molar refractivity (Wildman–Crippen MR) is 96.8 cm³/mol. The highest BCUT2D eigenvalue weighted by Gasteiger charge is 2.16. The van der Waals surface area contributed by atoms with Gasteiger partial charge in [0.25, 0.3) is 0 Å². The van der Waals surface area contributed by atoms with E-state index in [0.717, 1.165) is 11.1 Å². The summed E-state index contributed by atoms with van der Waals surface area (Å²) in [5.74, 6) is 0.557. The van der Waals surface area contributed by atoms with Crippen molar-refractivity contribution in [1.29, 1.82) is 0 Å². The number of hydrogen-bond donors (Lipinski definition) is 1. The Balaban J connectivity index is 1.63. The van der Waals surface area contributed by atoms with E-state index in [1.807, 2.05) is 42.5 Å². The van der Waals surface area contributed by atoms with Gasteiger partial charge in [0.15, 0.2) is 0 Å². The molecule has 0 aliphatic rings. The molecule has 5 nitrogen and oxygen atoms in total. The summed E-state index contributed by atoms with van der Waals surface area (Å²) in [5.41, 5.74) is 1.75. The van der Waals surface area contributed by atoms with Crippen molar-refractivity contribution in [2.75, 3.05) is 0 Å². The van der Waals surface area contributed by atoms with Gasteiger partial charge in [0.05, 0.1) is 0 Å². The molecule has 0 aliphatic heterocycles. The van der Waals surface area contributed by atoms with Crippen molar-refractivity contribution in [3.05, 3.63) is 77.2 Å². The van der Waals surface area contributed by atoms with E-state index in [9.17, 15) is 4.79 Å². The average molecular weight is 354 g/mol. The third-order valence-electron chi connectivity index (χ3n) is 3.50. The van der Waals surface area contributed by atoms with Crippen molar-refractivity contribution >= 4 is 23.6 Å². The molecule has 1 N–H and O–H groups in total. The van der Waals surface area contributed by atoms with Crippen LogP contribution in [0.2, 0.25) is 5.02 Å². The molecule has 1 amide bonds. The zero-order chi connectivity index (χ0) is 17.6. The van der Waals surface area contributed by atoms with Gasteiger partial charge in [-0.2, -0.15) is 4.98 Å². The number of carbonyl (C=O) groups is 1. The molecule has 0 saturated carbocycles. The Hall–Kier alpha value is -2.92. The maximum atomic E-state index is 12.0. The van der Waals surface area contributed by atoms with Gasteiger partial charge in [-0.25, -0.2) is 0 Å². The maximum Gasteiger partial charge on any atom is 0.249 e. The zero-order valence-corrected chi connectivity index (χ0v) is 14.3. The summed E-state index contributed by atoms with van der Waals surface area (Å²) in [6.07, 6.45) is 3.22. The van der Waals surface area contributed by atoms with Crippen LogP contribution in [0.4, 0.5) is 0 Å². The second kappa shape index (κ2) is 7.77. The van der Waals surface area contributed by atoms with Crippen LogP contribution in [0, 0.1) is 0 Å². The zero-order valence-electron chi connectivity index (χ0n) is 13.5. The fourth-order valence-electron chi connectivity index (χ4n) is 2.19. The molecule has 0 spiro atoms. The summed E-state index contributed by atoms with van der Waals surface area (Å²) in [7, 11) is 0. The minimum Gasteiger partial charge on any atom is -0.341 e. The lowest BCUT2D eigenvalue weighted by Gasteiger charge is -2.06. The molecule has 2 aromatic carbocycles. The minimum absolute atomic E-state index is 0.234. The number of hydrogen-bond acceptors (Lipinski definition) is 4. The van der Waals surface area contributed by atoms with Crippen LogP contribution < -0.4 is 5.32 Å². The van der Waals surface area contributed by atoms with Crippen molar-refractivity contribution in [1.82, 2.24) is 15.5 Å². The Labute approximate surface area is 150 Å². The van der Waals surface area contributed by atoms with E-state index in [2.05, 4.69) is 15.5 Å². The second-order valence-electron chi connectivity index (χ2n) is 5.44. The van der Waals surface area contributed by atoms with E-state index in [1.165, 1.54) is 6.08 Å². The SMILES string of the molecule is CC(NC(=O)/C=C/c1ccccc1)c1nc(-c2ccc(Cl)cc2)no1. The van der Waals surface area contributed by atoms with E-state index in [1.54, 1.807) is 25.1 Å². The molecule has 0 radical (unpaired) electrons. The molecule has 1 unspecified atom stereocenters. The summed E-state index contributed by atoms with van der Waals surface area (Å²) in [5, 5.41) is 7.37. The summed E-state index contributed by atoms with van der Waals surface area (Å²) >= 11 is 5.87. The van der Waals surface area contributed by atoms with Gasteiger partial charge in [-0.1, -0.05) is 47.1 Å². The van der Waals surface area contributed by atoms with Gasteiger partial charge < -0.3 is 9.84 Å². The quantitative estimate of drug-likeness (QED) is 0.695. The molecule has 0 bridgehead atoms.